The van der Waals surface area contributed by atoms with Crippen LogP contribution < -0.4 is 5.73 Å². The van der Waals surface area contributed by atoms with Gasteiger partial charge in [0.15, 0.2) is 0 Å². The molecule has 2 aromatic rings. The molecule has 0 fully saturated rings. The van der Waals surface area contributed by atoms with Gasteiger partial charge in [0.1, 0.15) is 0 Å². The summed E-state index contributed by atoms with van der Waals surface area (Å²) in [7, 11) is 2.16. The molecule has 0 aliphatic rings. The molecule has 0 aliphatic carbocycles. The Bertz CT molecular complexity index is 557. The van der Waals surface area contributed by atoms with Crippen LogP contribution in [-0.2, 0) is 13.0 Å². The number of likely N-dealkylation sites (N-methyl/N-ethyl adjacent to an activating group) is 1. The molecule has 0 radical (unpaired) electrons. The van der Waals surface area contributed by atoms with Crippen LogP contribution in [0.25, 0.3) is 0 Å². The second kappa shape index (κ2) is 7.21. The van der Waals surface area contributed by atoms with Gasteiger partial charge < -0.3 is 5.73 Å². The lowest BCUT2D eigenvalue weighted by Crippen LogP contribution is -2.36. The molecule has 21 heavy (non-hydrogen) atoms. The molecule has 1 heterocycles. The van der Waals surface area contributed by atoms with Crippen molar-refractivity contribution in [3.05, 3.63) is 57.3 Å². The Morgan fingerprint density at radius 3 is 2.19 bits per heavy atom. The lowest BCUT2D eigenvalue weighted by Gasteiger charge is -2.30. The van der Waals surface area contributed by atoms with Gasteiger partial charge in [-0.15, -0.1) is 11.3 Å². The Balaban J connectivity index is 2.13. The maximum absolute atomic E-state index is 6.24. The minimum absolute atomic E-state index is 0.114. The average Bonchev–Trinajstić information content (AvgIpc) is 2.85. The Morgan fingerprint density at radius 2 is 1.71 bits per heavy atom. The number of nitrogens with zero attached hydrogens (tertiary/aromatic N) is 1. The molecule has 2 atom stereocenters. The number of aryl methyl sites for hydroxylation is 2. The van der Waals surface area contributed by atoms with Crippen LogP contribution in [0.3, 0.4) is 0 Å². The fraction of sp³-hybridized carbons (Fsp3) is 0.444. The Hall–Kier alpha value is -1.16. The van der Waals surface area contributed by atoms with E-state index in [1.807, 2.05) is 11.3 Å². The highest BCUT2D eigenvalue weighted by molar-refractivity contribution is 7.12. The van der Waals surface area contributed by atoms with Crippen molar-refractivity contribution < 1.29 is 0 Å². The predicted molar refractivity (Wildman–Crippen MR) is 92.7 cm³/mol. The van der Waals surface area contributed by atoms with E-state index < -0.39 is 0 Å². The summed E-state index contributed by atoms with van der Waals surface area (Å²) in [6.45, 7) is 7.35. The number of hydrogen-bond acceptors (Lipinski definition) is 3. The van der Waals surface area contributed by atoms with Gasteiger partial charge in [-0.05, 0) is 50.6 Å². The highest BCUT2D eigenvalue weighted by Crippen LogP contribution is 2.29. The van der Waals surface area contributed by atoms with Crippen molar-refractivity contribution in [3.8, 4) is 0 Å². The number of benzene rings is 1. The Morgan fingerprint density at radius 1 is 1.10 bits per heavy atom. The molecule has 1 aromatic heterocycles. The fourth-order valence-corrected chi connectivity index (χ4v) is 3.92. The van der Waals surface area contributed by atoms with E-state index in [9.17, 15) is 0 Å². The quantitative estimate of drug-likeness (QED) is 0.869. The highest BCUT2D eigenvalue weighted by Gasteiger charge is 2.22. The number of hydrogen-bond donors (Lipinski definition) is 1. The first-order valence-electron chi connectivity index (χ1n) is 7.61. The normalized spacial score (nSPS) is 14.4. The predicted octanol–water partition coefficient (Wildman–Crippen LogP) is 4.14. The first-order chi connectivity index (χ1) is 10.0. The van der Waals surface area contributed by atoms with Crippen LogP contribution in [0.1, 0.15) is 40.8 Å². The van der Waals surface area contributed by atoms with Crippen LogP contribution in [0.4, 0.5) is 0 Å². The molecule has 0 amide bonds. The second-order valence-electron chi connectivity index (χ2n) is 5.84. The molecule has 0 saturated carbocycles. The maximum atomic E-state index is 6.24. The second-order valence-corrected chi connectivity index (χ2v) is 7.16. The third kappa shape index (κ3) is 4.16. The number of nitrogens with two attached hydrogens (primary N) is 1. The first-order valence-corrected chi connectivity index (χ1v) is 8.43. The smallest absolute Gasteiger partial charge is 0.0591 e. The third-order valence-corrected chi connectivity index (χ3v) is 4.96. The standard InChI is InChI=1S/C18H26N2S/c1-5-15-7-9-16(10-8-15)12-20(4)18(14(3)19)17-11-6-13(2)21-17/h6-11,14,18H,5,12,19H2,1-4H3. The van der Waals surface area contributed by atoms with Gasteiger partial charge in [0.05, 0.1) is 6.04 Å². The van der Waals surface area contributed by atoms with Crippen LogP contribution in [0.15, 0.2) is 36.4 Å². The van der Waals surface area contributed by atoms with Gasteiger partial charge in [0.2, 0.25) is 0 Å². The number of thiophene rings is 1. The summed E-state index contributed by atoms with van der Waals surface area (Å²) in [6, 6.07) is 13.7. The molecule has 114 valence electrons. The van der Waals surface area contributed by atoms with Crippen LogP contribution in [0, 0.1) is 6.92 Å². The Kier molecular flexibility index (Phi) is 5.57. The van der Waals surface area contributed by atoms with Crippen molar-refractivity contribution in [2.45, 2.75) is 45.8 Å². The van der Waals surface area contributed by atoms with Crippen molar-refractivity contribution in [2.24, 2.45) is 5.73 Å². The van der Waals surface area contributed by atoms with Gasteiger partial charge in [-0.25, -0.2) is 0 Å². The van der Waals surface area contributed by atoms with Gasteiger partial charge in [-0.1, -0.05) is 31.2 Å². The summed E-state index contributed by atoms with van der Waals surface area (Å²) in [5.74, 6) is 0. The highest BCUT2D eigenvalue weighted by atomic mass is 32.1. The van der Waals surface area contributed by atoms with Crippen molar-refractivity contribution in [1.29, 1.82) is 0 Å². The summed E-state index contributed by atoms with van der Waals surface area (Å²) in [4.78, 5) is 5.06. The zero-order valence-electron chi connectivity index (χ0n) is 13.5. The van der Waals surface area contributed by atoms with E-state index in [0.717, 1.165) is 13.0 Å². The summed E-state index contributed by atoms with van der Waals surface area (Å²) in [5.41, 5.74) is 8.97. The van der Waals surface area contributed by atoms with Gasteiger partial charge in [0.25, 0.3) is 0 Å². The van der Waals surface area contributed by atoms with E-state index in [2.05, 4.69) is 69.1 Å². The monoisotopic (exact) mass is 302 g/mol. The molecule has 0 aliphatic heterocycles. The topological polar surface area (TPSA) is 29.3 Å². The maximum Gasteiger partial charge on any atom is 0.0591 e. The van der Waals surface area contributed by atoms with E-state index in [0.29, 0.717) is 0 Å². The lowest BCUT2D eigenvalue weighted by molar-refractivity contribution is 0.214. The molecule has 2 unspecified atom stereocenters. The van der Waals surface area contributed by atoms with Crippen molar-refractivity contribution in [1.82, 2.24) is 4.90 Å². The summed E-state index contributed by atoms with van der Waals surface area (Å²) in [5, 5.41) is 0. The lowest BCUT2D eigenvalue weighted by atomic mass is 10.1. The molecule has 2 N–H and O–H groups in total. The van der Waals surface area contributed by atoms with Crippen molar-refractivity contribution >= 4 is 11.3 Å². The third-order valence-electron chi connectivity index (χ3n) is 3.89. The number of rotatable bonds is 6. The zero-order chi connectivity index (χ0) is 15.4. The van der Waals surface area contributed by atoms with Crippen molar-refractivity contribution in [2.75, 3.05) is 7.05 Å². The molecule has 0 saturated heterocycles. The molecule has 0 spiro atoms. The minimum Gasteiger partial charge on any atom is -0.326 e. The van der Waals surface area contributed by atoms with Crippen molar-refractivity contribution in [3.63, 3.8) is 0 Å². The fourth-order valence-electron chi connectivity index (χ4n) is 2.76. The summed E-state index contributed by atoms with van der Waals surface area (Å²) >= 11 is 1.85. The van der Waals surface area contributed by atoms with Crippen LogP contribution in [0.2, 0.25) is 0 Å². The molecule has 2 nitrogen and oxygen atoms in total. The van der Waals surface area contributed by atoms with Gasteiger partial charge in [-0.2, -0.15) is 0 Å². The van der Waals surface area contributed by atoms with E-state index in [1.54, 1.807) is 0 Å². The molecule has 0 bridgehead atoms. The zero-order valence-corrected chi connectivity index (χ0v) is 14.3. The summed E-state index contributed by atoms with van der Waals surface area (Å²) < 4.78 is 0. The molecule has 2 rings (SSSR count). The SMILES string of the molecule is CCc1ccc(CN(C)C(c2ccc(C)s2)C(C)N)cc1. The Labute approximate surface area is 132 Å². The summed E-state index contributed by atoms with van der Waals surface area (Å²) in [6.07, 6.45) is 1.09. The van der Waals surface area contributed by atoms with Crippen LogP contribution >= 0.6 is 11.3 Å². The van der Waals surface area contributed by atoms with E-state index in [4.69, 9.17) is 5.73 Å². The van der Waals surface area contributed by atoms with Gasteiger partial charge in [0, 0.05) is 22.3 Å². The van der Waals surface area contributed by atoms with Crippen LogP contribution in [0.5, 0.6) is 0 Å². The van der Waals surface area contributed by atoms with Gasteiger partial charge >= 0.3 is 0 Å². The minimum atomic E-state index is 0.114. The molecule has 3 heteroatoms. The van der Waals surface area contributed by atoms with E-state index >= 15 is 0 Å². The molecule has 1 aromatic carbocycles. The molecular formula is C18H26N2S. The first kappa shape index (κ1) is 16.2. The average molecular weight is 302 g/mol. The molecular weight excluding hydrogens is 276 g/mol. The van der Waals surface area contributed by atoms with E-state index in [-0.39, 0.29) is 12.1 Å². The van der Waals surface area contributed by atoms with E-state index in [1.165, 1.54) is 20.9 Å². The van der Waals surface area contributed by atoms with Crippen LogP contribution in [-0.4, -0.2) is 18.0 Å². The van der Waals surface area contributed by atoms with Gasteiger partial charge in [-0.3, -0.25) is 4.90 Å². The largest absolute Gasteiger partial charge is 0.326 e.